The summed E-state index contributed by atoms with van der Waals surface area (Å²) in [7, 11) is 0. The van der Waals surface area contributed by atoms with Crippen molar-refractivity contribution < 1.29 is 28.6 Å². The van der Waals surface area contributed by atoms with E-state index >= 15 is 0 Å². The number of allylic oxidation sites excluding steroid dienone is 20. The van der Waals surface area contributed by atoms with Gasteiger partial charge >= 0.3 is 17.9 Å². The summed E-state index contributed by atoms with van der Waals surface area (Å²) in [4.78, 5) is 38.3. The van der Waals surface area contributed by atoms with Gasteiger partial charge in [0.1, 0.15) is 13.2 Å². The van der Waals surface area contributed by atoms with Crippen LogP contribution in [-0.4, -0.2) is 37.2 Å². The van der Waals surface area contributed by atoms with E-state index < -0.39 is 6.10 Å². The zero-order valence-electron chi connectivity index (χ0n) is 54.4. The van der Waals surface area contributed by atoms with Crippen molar-refractivity contribution >= 4 is 17.9 Å². The van der Waals surface area contributed by atoms with Gasteiger partial charge < -0.3 is 14.2 Å². The van der Waals surface area contributed by atoms with Gasteiger partial charge in [-0.05, 0) is 122 Å². The Morgan fingerprint density at radius 3 is 0.783 bits per heavy atom. The summed E-state index contributed by atoms with van der Waals surface area (Å²) in [6, 6.07) is 0. The van der Waals surface area contributed by atoms with Crippen LogP contribution in [0.3, 0.4) is 0 Å². The van der Waals surface area contributed by atoms with E-state index in [-0.39, 0.29) is 37.5 Å². The van der Waals surface area contributed by atoms with Gasteiger partial charge in [-0.25, -0.2) is 0 Å². The third-order valence-electron chi connectivity index (χ3n) is 14.9. The third kappa shape index (κ3) is 68.5. The van der Waals surface area contributed by atoms with E-state index in [1.165, 1.54) is 173 Å². The van der Waals surface area contributed by atoms with Crippen molar-refractivity contribution in [3.8, 4) is 0 Å². The molecule has 0 aliphatic heterocycles. The van der Waals surface area contributed by atoms with Crippen LogP contribution in [0.4, 0.5) is 0 Å². The number of hydrogen-bond donors (Lipinski definition) is 0. The van der Waals surface area contributed by atoms with E-state index in [0.29, 0.717) is 19.3 Å². The molecule has 1 atom stereocenters. The molecule has 0 bridgehead atoms. The van der Waals surface area contributed by atoms with E-state index in [0.717, 1.165) is 109 Å². The van der Waals surface area contributed by atoms with E-state index in [1.807, 2.05) is 0 Å². The lowest BCUT2D eigenvalue weighted by Gasteiger charge is -2.18. The second kappa shape index (κ2) is 70.3. The molecule has 0 fully saturated rings. The van der Waals surface area contributed by atoms with Gasteiger partial charge in [-0.1, -0.05) is 309 Å². The highest BCUT2D eigenvalue weighted by Gasteiger charge is 2.19. The molecule has 83 heavy (non-hydrogen) atoms. The number of carbonyl (C=O) groups excluding carboxylic acids is 3. The predicted octanol–water partition coefficient (Wildman–Crippen LogP) is 24.3. The van der Waals surface area contributed by atoms with Crippen molar-refractivity contribution in [2.45, 2.75) is 335 Å². The number of rotatable bonds is 63. The first-order valence-corrected chi connectivity index (χ1v) is 35.0. The summed E-state index contributed by atoms with van der Waals surface area (Å²) in [6.07, 6.45) is 98.3. The number of unbranched alkanes of at least 4 members (excludes halogenated alkanes) is 32. The van der Waals surface area contributed by atoms with Gasteiger partial charge in [-0.3, -0.25) is 14.4 Å². The molecular formula is C77H130O6. The molecule has 6 heteroatoms. The molecule has 0 N–H and O–H groups in total. The Labute approximate surface area is 513 Å². The van der Waals surface area contributed by atoms with Gasteiger partial charge in [-0.2, -0.15) is 0 Å². The summed E-state index contributed by atoms with van der Waals surface area (Å²) in [5.74, 6) is -0.993. The maximum Gasteiger partial charge on any atom is 0.306 e. The fourth-order valence-electron chi connectivity index (χ4n) is 9.76. The number of esters is 3. The molecule has 0 radical (unpaired) electrons. The van der Waals surface area contributed by atoms with Gasteiger partial charge in [0.15, 0.2) is 6.10 Å². The molecule has 0 saturated heterocycles. The molecular weight excluding hydrogens is 1020 g/mol. The standard InChI is InChI=1S/C77H130O6/c1-4-7-10-13-16-19-22-25-27-29-30-31-32-33-34-35-36-37-38-39-40-41-42-43-44-45-46-48-49-52-55-58-61-64-67-70-76(79)82-73-74(72-81-75(78)69-66-63-60-57-54-51-24-21-18-15-12-9-6-3)83-77(80)71-68-65-62-59-56-53-50-47-28-26-23-20-17-14-11-8-5-2/h8-9,11-12,17-18,20-22,25-26,28-30,50-51,53-54,59,62,74H,4-7,10,13-16,19,23-24,27,31-49,52,55-58,60-61,63-73H2,1-3H3/b11-8-,12-9-,20-17-,21-18-,25-22-,28-26-,30-29-,53-50-,54-51-,62-59-. The number of carbonyl (C=O) groups is 3. The molecule has 0 spiro atoms. The lowest BCUT2D eigenvalue weighted by atomic mass is 10.0. The first-order valence-electron chi connectivity index (χ1n) is 35.0. The number of ether oxygens (including phenoxy) is 3. The predicted molar refractivity (Wildman–Crippen MR) is 362 cm³/mol. The molecule has 0 aromatic rings. The van der Waals surface area contributed by atoms with Crippen LogP contribution in [0.5, 0.6) is 0 Å². The van der Waals surface area contributed by atoms with Crippen LogP contribution in [0.2, 0.25) is 0 Å². The largest absolute Gasteiger partial charge is 0.462 e. The van der Waals surface area contributed by atoms with Gasteiger partial charge in [0.2, 0.25) is 0 Å². The van der Waals surface area contributed by atoms with Crippen molar-refractivity contribution in [3.63, 3.8) is 0 Å². The minimum atomic E-state index is -0.822. The van der Waals surface area contributed by atoms with Crippen LogP contribution in [0, 0.1) is 0 Å². The molecule has 6 nitrogen and oxygen atoms in total. The lowest BCUT2D eigenvalue weighted by molar-refractivity contribution is -0.167. The Bertz CT molecular complexity index is 1700. The molecule has 0 aromatic carbocycles. The SMILES string of the molecule is CC/C=C\C/C=C\C/C=C\C/C=C\C/C=C\CCCC(=O)OC(COC(=O)CCCCC/C=C\C/C=C\C/C=C\CC)COC(=O)CCCCCCCCCCCCCCCCCCCCCCCCC/C=C\C/C=C\CCCCCCC. The second-order valence-corrected chi connectivity index (χ2v) is 23.0. The zero-order chi connectivity index (χ0) is 59.9. The summed E-state index contributed by atoms with van der Waals surface area (Å²) in [6.45, 7) is 6.35. The topological polar surface area (TPSA) is 78.9 Å². The molecule has 1 unspecified atom stereocenters. The molecule has 0 amide bonds. The maximum absolute atomic E-state index is 12.9. The van der Waals surface area contributed by atoms with Gasteiger partial charge in [0.05, 0.1) is 0 Å². The van der Waals surface area contributed by atoms with E-state index in [1.54, 1.807) is 0 Å². The van der Waals surface area contributed by atoms with E-state index in [2.05, 4.69) is 142 Å². The van der Waals surface area contributed by atoms with Crippen LogP contribution in [-0.2, 0) is 28.6 Å². The maximum atomic E-state index is 12.9. The quantitative estimate of drug-likeness (QED) is 0.0261. The molecule has 0 aliphatic carbocycles. The Balaban J connectivity index is 4.17. The van der Waals surface area contributed by atoms with Crippen LogP contribution in [0.15, 0.2) is 122 Å². The first kappa shape index (κ1) is 78.8. The third-order valence-corrected chi connectivity index (χ3v) is 14.9. The van der Waals surface area contributed by atoms with Gasteiger partial charge in [-0.15, -0.1) is 0 Å². The van der Waals surface area contributed by atoms with Crippen LogP contribution in [0.1, 0.15) is 329 Å². The summed E-state index contributed by atoms with van der Waals surface area (Å²) < 4.78 is 16.8. The summed E-state index contributed by atoms with van der Waals surface area (Å²) in [5, 5.41) is 0. The fraction of sp³-hybridized carbons (Fsp3) is 0.701. The highest BCUT2D eigenvalue weighted by Crippen LogP contribution is 2.17. The zero-order valence-corrected chi connectivity index (χ0v) is 54.4. The lowest BCUT2D eigenvalue weighted by Crippen LogP contribution is -2.30. The summed E-state index contributed by atoms with van der Waals surface area (Å²) >= 11 is 0. The normalized spacial score (nSPS) is 12.9. The van der Waals surface area contributed by atoms with Crippen LogP contribution >= 0.6 is 0 Å². The van der Waals surface area contributed by atoms with Crippen molar-refractivity contribution in [2.75, 3.05) is 13.2 Å². The second-order valence-electron chi connectivity index (χ2n) is 23.0. The molecule has 0 rings (SSSR count). The van der Waals surface area contributed by atoms with Crippen molar-refractivity contribution in [3.05, 3.63) is 122 Å². The van der Waals surface area contributed by atoms with Gasteiger partial charge in [0.25, 0.3) is 0 Å². The van der Waals surface area contributed by atoms with Gasteiger partial charge in [0, 0.05) is 19.3 Å². The monoisotopic (exact) mass is 1150 g/mol. The first-order chi connectivity index (χ1) is 41.0. The average molecular weight is 1150 g/mol. The Morgan fingerprint density at radius 2 is 0.482 bits per heavy atom. The minimum Gasteiger partial charge on any atom is -0.462 e. The Hall–Kier alpha value is -4.19. The smallest absolute Gasteiger partial charge is 0.306 e. The molecule has 0 heterocycles. The molecule has 474 valence electrons. The highest BCUT2D eigenvalue weighted by molar-refractivity contribution is 5.71. The summed E-state index contributed by atoms with van der Waals surface area (Å²) in [5.41, 5.74) is 0. The van der Waals surface area contributed by atoms with Crippen LogP contribution < -0.4 is 0 Å². The highest BCUT2D eigenvalue weighted by atomic mass is 16.6. The number of hydrogen-bond acceptors (Lipinski definition) is 6. The Morgan fingerprint density at radius 1 is 0.253 bits per heavy atom. The van der Waals surface area contributed by atoms with Crippen molar-refractivity contribution in [2.24, 2.45) is 0 Å². The minimum absolute atomic E-state index is 0.110. The van der Waals surface area contributed by atoms with E-state index in [9.17, 15) is 14.4 Å². The van der Waals surface area contributed by atoms with Crippen LogP contribution in [0.25, 0.3) is 0 Å². The molecule has 0 aliphatic rings. The van der Waals surface area contributed by atoms with E-state index in [4.69, 9.17) is 14.2 Å². The fourth-order valence-corrected chi connectivity index (χ4v) is 9.76. The molecule has 0 saturated carbocycles. The average Bonchev–Trinajstić information content (AvgIpc) is 3.49. The molecule has 0 aromatic heterocycles. The Kier molecular flexibility index (Phi) is 66.7. The van der Waals surface area contributed by atoms with Crippen molar-refractivity contribution in [1.82, 2.24) is 0 Å². The van der Waals surface area contributed by atoms with Crippen molar-refractivity contribution in [1.29, 1.82) is 0 Å².